The van der Waals surface area contributed by atoms with E-state index in [1.165, 1.54) is 12.8 Å². The average molecular weight is 315 g/mol. The second-order valence-electron chi connectivity index (χ2n) is 4.21. The Balaban J connectivity index is 2.48. The largest absolute Gasteiger partial charge is 0.492 e. The third kappa shape index (κ3) is 5.54. The van der Waals surface area contributed by atoms with E-state index < -0.39 is 5.97 Å². The van der Waals surface area contributed by atoms with Crippen LogP contribution in [0.3, 0.4) is 0 Å². The third-order valence-electron chi connectivity index (χ3n) is 2.63. The average Bonchev–Trinajstić information content (AvgIpc) is 2.34. The molecule has 0 atom stereocenters. The van der Waals surface area contributed by atoms with Gasteiger partial charge in [0.1, 0.15) is 5.75 Å². The molecule has 0 radical (unpaired) electrons. The van der Waals surface area contributed by atoms with Gasteiger partial charge < -0.3 is 9.84 Å². The van der Waals surface area contributed by atoms with Crippen molar-refractivity contribution < 1.29 is 14.6 Å². The van der Waals surface area contributed by atoms with Crippen LogP contribution in [0.15, 0.2) is 22.7 Å². The number of carboxylic acids is 1. The number of hydrogen-bond acceptors (Lipinski definition) is 2. The van der Waals surface area contributed by atoms with Crippen molar-refractivity contribution in [1.29, 1.82) is 0 Å². The maximum Gasteiger partial charge on any atom is 0.303 e. The number of carbonyl (C=O) groups is 1. The summed E-state index contributed by atoms with van der Waals surface area (Å²) >= 11 is 3.45. The molecule has 0 aliphatic carbocycles. The molecule has 0 aliphatic rings. The molecule has 0 aliphatic heterocycles. The number of hydrogen-bond donors (Lipinski definition) is 1. The summed E-state index contributed by atoms with van der Waals surface area (Å²) in [6.07, 6.45) is 4.11. The molecule has 4 heteroatoms. The third-order valence-corrected chi connectivity index (χ3v) is 3.25. The molecule has 0 spiro atoms. The Morgan fingerprint density at radius 3 is 2.78 bits per heavy atom. The summed E-state index contributed by atoms with van der Waals surface area (Å²) in [7, 11) is 0. The molecule has 0 fully saturated rings. The molecule has 1 N–H and O–H groups in total. The van der Waals surface area contributed by atoms with E-state index in [1.807, 2.05) is 18.2 Å². The lowest BCUT2D eigenvalue weighted by Crippen LogP contribution is -2.00. The van der Waals surface area contributed by atoms with Gasteiger partial charge in [-0.25, -0.2) is 0 Å². The van der Waals surface area contributed by atoms with Crippen LogP contribution in [-0.2, 0) is 11.2 Å². The summed E-state index contributed by atoms with van der Waals surface area (Å²) in [5, 5.41) is 8.63. The van der Waals surface area contributed by atoms with Gasteiger partial charge in [0.15, 0.2) is 0 Å². The van der Waals surface area contributed by atoms with Crippen LogP contribution in [0.2, 0.25) is 0 Å². The standard InChI is InChI=1S/C14H19BrO3/c1-2-3-4-9-18-13-7-5-11(10-12(13)15)6-8-14(16)17/h5,7,10H,2-4,6,8-9H2,1H3,(H,16,17). The Kier molecular flexibility index (Phi) is 6.80. The van der Waals surface area contributed by atoms with Crippen molar-refractivity contribution in [3.05, 3.63) is 28.2 Å². The highest BCUT2D eigenvalue weighted by molar-refractivity contribution is 9.10. The number of ether oxygens (including phenoxy) is 1. The van der Waals surface area contributed by atoms with Crippen molar-refractivity contribution in [3.8, 4) is 5.75 Å². The molecule has 1 aromatic rings. The molecule has 3 nitrogen and oxygen atoms in total. The summed E-state index contributed by atoms with van der Waals surface area (Å²) < 4.78 is 6.55. The number of carboxylic acid groups (broad SMARTS) is 1. The summed E-state index contributed by atoms with van der Waals surface area (Å²) in [5.74, 6) is 0.0520. The molecule has 1 aromatic carbocycles. The van der Waals surface area contributed by atoms with Gasteiger partial charge in [-0.2, -0.15) is 0 Å². The molecule has 0 aromatic heterocycles. The van der Waals surface area contributed by atoms with Crippen LogP contribution in [0.4, 0.5) is 0 Å². The molecule has 0 saturated heterocycles. The van der Waals surface area contributed by atoms with Gasteiger partial charge in [-0.15, -0.1) is 0 Å². The molecular weight excluding hydrogens is 296 g/mol. The smallest absolute Gasteiger partial charge is 0.303 e. The SMILES string of the molecule is CCCCCOc1ccc(CCC(=O)O)cc1Br. The van der Waals surface area contributed by atoms with Crippen LogP contribution in [0.1, 0.15) is 38.2 Å². The lowest BCUT2D eigenvalue weighted by Gasteiger charge is -2.09. The number of aliphatic carboxylic acids is 1. The highest BCUT2D eigenvalue weighted by Crippen LogP contribution is 2.26. The first-order chi connectivity index (χ1) is 8.63. The maximum absolute atomic E-state index is 10.5. The van der Waals surface area contributed by atoms with Crippen molar-refractivity contribution in [1.82, 2.24) is 0 Å². The second kappa shape index (κ2) is 8.14. The summed E-state index contributed by atoms with van der Waals surface area (Å²) in [5.41, 5.74) is 1.00. The fourth-order valence-electron chi connectivity index (χ4n) is 1.60. The van der Waals surface area contributed by atoms with Crippen LogP contribution in [0.25, 0.3) is 0 Å². The van der Waals surface area contributed by atoms with Crippen LogP contribution in [0, 0.1) is 0 Å². The van der Waals surface area contributed by atoms with Gasteiger partial charge in [0.05, 0.1) is 11.1 Å². The molecule has 18 heavy (non-hydrogen) atoms. The van der Waals surface area contributed by atoms with Crippen molar-refractivity contribution >= 4 is 21.9 Å². The van der Waals surface area contributed by atoms with E-state index in [-0.39, 0.29) is 6.42 Å². The van der Waals surface area contributed by atoms with Gasteiger partial charge in [-0.3, -0.25) is 4.79 Å². The lowest BCUT2D eigenvalue weighted by molar-refractivity contribution is -0.136. The number of halogens is 1. The first kappa shape index (κ1) is 15.0. The summed E-state index contributed by atoms with van der Waals surface area (Å²) in [6.45, 7) is 2.88. The molecular formula is C14H19BrO3. The van der Waals surface area contributed by atoms with Crippen molar-refractivity contribution in [3.63, 3.8) is 0 Å². The van der Waals surface area contributed by atoms with Crippen LogP contribution < -0.4 is 4.74 Å². The van der Waals surface area contributed by atoms with Gasteiger partial charge >= 0.3 is 5.97 Å². The number of unbranched alkanes of at least 4 members (excludes halogenated alkanes) is 2. The van der Waals surface area contributed by atoms with Crippen molar-refractivity contribution in [2.24, 2.45) is 0 Å². The van der Waals surface area contributed by atoms with E-state index in [1.54, 1.807) is 0 Å². The van der Waals surface area contributed by atoms with Crippen molar-refractivity contribution in [2.75, 3.05) is 6.61 Å². The van der Waals surface area contributed by atoms with Gasteiger partial charge in [-0.05, 0) is 46.5 Å². The minimum atomic E-state index is -0.772. The second-order valence-corrected chi connectivity index (χ2v) is 5.07. The number of rotatable bonds is 8. The monoisotopic (exact) mass is 314 g/mol. The molecule has 0 bridgehead atoms. The van der Waals surface area contributed by atoms with E-state index in [2.05, 4.69) is 22.9 Å². The maximum atomic E-state index is 10.5. The van der Waals surface area contributed by atoms with Crippen LogP contribution >= 0.6 is 15.9 Å². The highest BCUT2D eigenvalue weighted by atomic mass is 79.9. The Bertz CT molecular complexity index is 391. The lowest BCUT2D eigenvalue weighted by atomic mass is 10.1. The van der Waals surface area contributed by atoms with E-state index >= 15 is 0 Å². The fraction of sp³-hybridized carbons (Fsp3) is 0.500. The minimum Gasteiger partial charge on any atom is -0.492 e. The van der Waals surface area contributed by atoms with Gasteiger partial charge in [0.25, 0.3) is 0 Å². The first-order valence-corrected chi connectivity index (χ1v) is 7.05. The van der Waals surface area contributed by atoms with E-state index in [9.17, 15) is 4.79 Å². The number of aryl methyl sites for hydroxylation is 1. The molecule has 100 valence electrons. The highest BCUT2D eigenvalue weighted by Gasteiger charge is 2.04. The van der Waals surface area contributed by atoms with Gasteiger partial charge in [0, 0.05) is 6.42 Å². The predicted octanol–water partition coefficient (Wildman–Crippen LogP) is 4.04. The molecule has 0 amide bonds. The van der Waals surface area contributed by atoms with E-state index in [4.69, 9.17) is 9.84 Å². The normalized spacial score (nSPS) is 10.3. The number of benzene rings is 1. The topological polar surface area (TPSA) is 46.5 Å². The fourth-order valence-corrected chi connectivity index (χ4v) is 2.14. The zero-order chi connectivity index (χ0) is 13.4. The molecule has 1 rings (SSSR count). The Morgan fingerprint density at radius 1 is 1.39 bits per heavy atom. The Labute approximate surface area is 116 Å². The van der Waals surface area contributed by atoms with Gasteiger partial charge in [-0.1, -0.05) is 25.8 Å². The molecule has 0 saturated carbocycles. The zero-order valence-electron chi connectivity index (χ0n) is 10.6. The molecule has 0 heterocycles. The zero-order valence-corrected chi connectivity index (χ0v) is 12.2. The van der Waals surface area contributed by atoms with Crippen LogP contribution in [-0.4, -0.2) is 17.7 Å². The van der Waals surface area contributed by atoms with Crippen LogP contribution in [0.5, 0.6) is 5.75 Å². The molecule has 0 unspecified atom stereocenters. The van der Waals surface area contributed by atoms with E-state index in [0.29, 0.717) is 6.42 Å². The predicted molar refractivity (Wildman–Crippen MR) is 75.1 cm³/mol. The Hall–Kier alpha value is -1.03. The first-order valence-electron chi connectivity index (χ1n) is 6.26. The summed E-state index contributed by atoms with van der Waals surface area (Å²) in [6, 6.07) is 5.74. The van der Waals surface area contributed by atoms with Gasteiger partial charge in [0.2, 0.25) is 0 Å². The Morgan fingerprint density at radius 2 is 2.17 bits per heavy atom. The van der Waals surface area contributed by atoms with Crippen molar-refractivity contribution in [2.45, 2.75) is 39.0 Å². The summed E-state index contributed by atoms with van der Waals surface area (Å²) in [4.78, 5) is 10.5. The van der Waals surface area contributed by atoms with E-state index in [0.717, 1.165) is 28.8 Å². The minimum absolute atomic E-state index is 0.156. The quantitative estimate of drug-likeness (QED) is 0.737.